The van der Waals surface area contributed by atoms with Crippen LogP contribution in [0.2, 0.25) is 0 Å². The minimum Gasteiger partial charge on any atom is -0.347 e. The van der Waals surface area contributed by atoms with Gasteiger partial charge in [0.05, 0.1) is 30.8 Å². The highest BCUT2D eigenvalue weighted by atomic mass is 79.9. The molecule has 2 heterocycles. The highest BCUT2D eigenvalue weighted by molar-refractivity contribution is 9.10. The van der Waals surface area contributed by atoms with Gasteiger partial charge in [0.25, 0.3) is 0 Å². The maximum absolute atomic E-state index is 6.40. The zero-order valence-corrected chi connectivity index (χ0v) is 14.7. The molecule has 0 N–H and O–H groups in total. The number of hydrogen-bond donors (Lipinski definition) is 0. The van der Waals surface area contributed by atoms with Crippen molar-refractivity contribution in [3.8, 4) is 0 Å². The van der Waals surface area contributed by atoms with E-state index in [1.54, 1.807) is 0 Å². The van der Waals surface area contributed by atoms with Crippen molar-refractivity contribution in [1.29, 1.82) is 0 Å². The first-order chi connectivity index (χ1) is 10.6. The quantitative estimate of drug-likeness (QED) is 0.664. The molecule has 0 amide bonds. The van der Waals surface area contributed by atoms with Crippen LogP contribution >= 0.6 is 15.9 Å². The predicted molar refractivity (Wildman–Crippen MR) is 81.4 cm³/mol. The second-order valence-corrected chi connectivity index (χ2v) is 9.50. The molecule has 4 aliphatic carbocycles. The summed E-state index contributed by atoms with van der Waals surface area (Å²) in [5, 5.41) is 0. The van der Waals surface area contributed by atoms with Gasteiger partial charge in [0.1, 0.15) is 0 Å². The second kappa shape index (κ2) is 3.62. The monoisotopic (exact) mass is 370 g/mol. The van der Waals surface area contributed by atoms with Crippen molar-refractivity contribution in [3.63, 3.8) is 0 Å². The lowest BCUT2D eigenvalue weighted by Gasteiger charge is -2.50. The van der Waals surface area contributed by atoms with Crippen molar-refractivity contribution in [3.05, 3.63) is 0 Å². The largest absolute Gasteiger partial charge is 0.347 e. The van der Waals surface area contributed by atoms with Crippen LogP contribution < -0.4 is 0 Å². The van der Waals surface area contributed by atoms with E-state index in [9.17, 15) is 0 Å². The van der Waals surface area contributed by atoms with Gasteiger partial charge >= 0.3 is 0 Å². The number of ether oxygens (including phenoxy) is 4. The summed E-state index contributed by atoms with van der Waals surface area (Å²) >= 11 is 4.18. The number of fused-ring (bicyclic) bond motifs is 2. The summed E-state index contributed by atoms with van der Waals surface area (Å²) in [6, 6.07) is 0. The van der Waals surface area contributed by atoms with E-state index in [2.05, 4.69) is 29.8 Å². The molecule has 7 unspecified atom stereocenters. The topological polar surface area (TPSA) is 36.9 Å². The van der Waals surface area contributed by atoms with E-state index in [1.807, 2.05) is 0 Å². The number of hydrogen-bond acceptors (Lipinski definition) is 4. The zero-order valence-electron chi connectivity index (χ0n) is 13.1. The predicted octanol–water partition coefficient (Wildman–Crippen LogP) is 2.55. The molecule has 0 aromatic heterocycles. The molecule has 4 bridgehead atoms. The Hall–Kier alpha value is 0.320. The molecule has 0 radical (unpaired) electrons. The van der Waals surface area contributed by atoms with Crippen LogP contribution in [0.5, 0.6) is 0 Å². The Balaban J connectivity index is 1.63. The third-order valence-electron chi connectivity index (χ3n) is 8.34. The first kappa shape index (κ1) is 13.6. The van der Waals surface area contributed by atoms with E-state index >= 15 is 0 Å². The number of halogens is 1. The third kappa shape index (κ3) is 0.930. The van der Waals surface area contributed by atoms with Crippen molar-refractivity contribution in [2.45, 2.75) is 42.6 Å². The van der Waals surface area contributed by atoms with E-state index < -0.39 is 5.79 Å². The number of alkyl halides is 1. The Morgan fingerprint density at radius 2 is 1.50 bits per heavy atom. The highest BCUT2D eigenvalue weighted by Crippen LogP contribution is 2.89. The first-order valence-corrected chi connectivity index (χ1v) is 9.63. The van der Waals surface area contributed by atoms with Crippen LogP contribution in [0, 0.1) is 35.0 Å². The summed E-state index contributed by atoms with van der Waals surface area (Å²) in [7, 11) is 0. The summed E-state index contributed by atoms with van der Waals surface area (Å²) < 4.78 is 25.4. The fraction of sp³-hybridized carbons (Fsp3) is 1.00. The maximum Gasteiger partial charge on any atom is 0.187 e. The molecular weight excluding hydrogens is 348 g/mol. The lowest BCUT2D eigenvalue weighted by Crippen LogP contribution is -2.54. The molecule has 22 heavy (non-hydrogen) atoms. The van der Waals surface area contributed by atoms with Gasteiger partial charge in [-0.25, -0.2) is 0 Å². The van der Waals surface area contributed by atoms with Crippen LogP contribution in [0.25, 0.3) is 0 Å². The van der Waals surface area contributed by atoms with Gasteiger partial charge in [-0.15, -0.1) is 0 Å². The average molecular weight is 371 g/mol. The molecular formula is C17H23BrO4. The van der Waals surface area contributed by atoms with E-state index in [4.69, 9.17) is 18.9 Å². The molecule has 0 aromatic rings. The van der Waals surface area contributed by atoms with E-state index in [-0.39, 0.29) is 15.5 Å². The van der Waals surface area contributed by atoms with Crippen LogP contribution in [-0.4, -0.2) is 42.3 Å². The van der Waals surface area contributed by atoms with Crippen LogP contribution in [0.4, 0.5) is 0 Å². The summed E-state index contributed by atoms with van der Waals surface area (Å²) in [5.74, 6) is 1.68. The van der Waals surface area contributed by atoms with Crippen LogP contribution in [0.3, 0.4) is 0 Å². The van der Waals surface area contributed by atoms with Gasteiger partial charge in [-0.1, -0.05) is 29.8 Å². The molecule has 6 fully saturated rings. The summed E-state index contributed by atoms with van der Waals surface area (Å²) in [6.07, 6.45) is 2.32. The van der Waals surface area contributed by atoms with E-state index in [0.717, 1.165) is 32.8 Å². The van der Waals surface area contributed by atoms with Gasteiger partial charge in [-0.05, 0) is 30.6 Å². The Morgan fingerprint density at radius 1 is 0.909 bits per heavy atom. The van der Waals surface area contributed by atoms with Gasteiger partial charge in [0, 0.05) is 17.3 Å². The van der Waals surface area contributed by atoms with Gasteiger partial charge in [0.15, 0.2) is 11.6 Å². The molecule has 6 rings (SSSR count). The van der Waals surface area contributed by atoms with Crippen molar-refractivity contribution in [2.75, 3.05) is 26.4 Å². The van der Waals surface area contributed by atoms with Crippen LogP contribution in [-0.2, 0) is 18.9 Å². The molecule has 2 saturated heterocycles. The van der Waals surface area contributed by atoms with Crippen molar-refractivity contribution in [2.24, 2.45) is 35.0 Å². The van der Waals surface area contributed by atoms with Gasteiger partial charge in [-0.2, -0.15) is 0 Å². The summed E-state index contributed by atoms with van der Waals surface area (Å²) in [6.45, 7) is 7.63. The Kier molecular flexibility index (Phi) is 2.24. The van der Waals surface area contributed by atoms with Gasteiger partial charge in [-0.3, -0.25) is 0 Å². The zero-order chi connectivity index (χ0) is 15.0. The molecule has 4 saturated carbocycles. The summed E-state index contributed by atoms with van der Waals surface area (Å²) in [5.41, 5.74) is 0.152. The molecule has 4 nitrogen and oxygen atoms in total. The molecule has 7 atom stereocenters. The lowest BCUT2D eigenvalue weighted by atomic mass is 9.58. The van der Waals surface area contributed by atoms with Crippen molar-refractivity contribution in [1.82, 2.24) is 0 Å². The normalized spacial score (nSPS) is 61.5. The highest BCUT2D eigenvalue weighted by Gasteiger charge is 2.96. The van der Waals surface area contributed by atoms with Crippen molar-refractivity contribution < 1.29 is 18.9 Å². The minimum absolute atomic E-state index is 0.0615. The van der Waals surface area contributed by atoms with E-state index in [0.29, 0.717) is 29.6 Å². The molecule has 122 valence electrons. The Labute approximate surface area is 139 Å². The molecule has 6 aliphatic rings. The molecule has 2 spiro atoms. The second-order valence-electron chi connectivity index (χ2n) is 8.18. The Bertz CT molecular complexity index is 553. The smallest absolute Gasteiger partial charge is 0.187 e. The van der Waals surface area contributed by atoms with Gasteiger partial charge < -0.3 is 18.9 Å². The average Bonchev–Trinajstić information content (AvgIpc) is 3.31. The maximum atomic E-state index is 6.40. The lowest BCUT2D eigenvalue weighted by molar-refractivity contribution is -0.239. The SMILES string of the molecule is CCC12CC3C(C4C1C(C)C3(Br)C41OCCO1)C21OCCO1. The standard InChI is InChI=1S/C17H23BrO4/c1-3-14-8-10-12(16(14)19-4-5-20-16)13-11(14)9(2)15(10,18)17(13)21-6-7-22-17/h9-13H,3-8H2,1-2H3. The van der Waals surface area contributed by atoms with Crippen LogP contribution in [0.15, 0.2) is 0 Å². The number of rotatable bonds is 1. The Morgan fingerprint density at radius 3 is 2.09 bits per heavy atom. The fourth-order valence-corrected chi connectivity index (χ4v) is 9.38. The third-order valence-corrected chi connectivity index (χ3v) is 10.2. The van der Waals surface area contributed by atoms with E-state index in [1.165, 1.54) is 6.42 Å². The summed E-state index contributed by atoms with van der Waals surface area (Å²) in [4.78, 5) is 0. The molecule has 2 aliphatic heterocycles. The van der Waals surface area contributed by atoms with Crippen molar-refractivity contribution >= 4 is 15.9 Å². The van der Waals surface area contributed by atoms with Gasteiger partial charge in [0.2, 0.25) is 0 Å². The molecule has 5 heteroatoms. The van der Waals surface area contributed by atoms with Crippen LogP contribution in [0.1, 0.15) is 26.7 Å². The first-order valence-electron chi connectivity index (χ1n) is 8.84. The molecule has 0 aromatic carbocycles. The minimum atomic E-state index is -0.442. The fourth-order valence-electron chi connectivity index (χ4n) is 8.16.